The van der Waals surface area contributed by atoms with E-state index in [1.165, 1.54) is 60.9 Å². The summed E-state index contributed by atoms with van der Waals surface area (Å²) < 4.78 is 0. The zero-order valence-electron chi connectivity index (χ0n) is 11.2. The maximum absolute atomic E-state index is 3.58. The largest absolute Gasteiger partial charge is 0.358 e. The lowest BCUT2D eigenvalue weighted by atomic mass is 10.0. The van der Waals surface area contributed by atoms with Crippen molar-refractivity contribution < 1.29 is 0 Å². The maximum Gasteiger partial charge on any atom is 0.0459 e. The summed E-state index contributed by atoms with van der Waals surface area (Å²) in [5.74, 6) is 0. The van der Waals surface area contributed by atoms with Crippen molar-refractivity contribution in [3.05, 3.63) is 35.5 Å². The molecule has 0 atom stereocenters. The van der Waals surface area contributed by atoms with Crippen LogP contribution in [0.5, 0.6) is 0 Å². The van der Waals surface area contributed by atoms with Crippen LogP contribution in [0, 0.1) is 0 Å². The number of benzene rings is 1. The second-order valence-electron chi connectivity index (χ2n) is 5.36. The van der Waals surface area contributed by atoms with E-state index in [0.29, 0.717) is 0 Å². The van der Waals surface area contributed by atoms with Crippen LogP contribution < -0.4 is 0 Å². The number of rotatable bonds is 4. The smallest absolute Gasteiger partial charge is 0.0459 e. The van der Waals surface area contributed by atoms with E-state index in [-0.39, 0.29) is 0 Å². The fourth-order valence-electron chi connectivity index (χ4n) is 3.00. The highest BCUT2D eigenvalue weighted by Crippen LogP contribution is 2.27. The summed E-state index contributed by atoms with van der Waals surface area (Å²) in [6.07, 6.45) is 5.19. The standard InChI is InChI=1S/C16H22N2/c1-2-3-6-10-18-11-9-16-14(12-18)13-7-4-5-8-15(13)17-16/h4-5,7-8,17H,2-3,6,9-12H2,1H3. The van der Waals surface area contributed by atoms with Crippen molar-refractivity contribution in [3.63, 3.8) is 0 Å². The number of H-pyrrole nitrogens is 1. The first kappa shape index (κ1) is 11.8. The van der Waals surface area contributed by atoms with Crippen LogP contribution in [0.3, 0.4) is 0 Å². The lowest BCUT2D eigenvalue weighted by molar-refractivity contribution is 0.249. The van der Waals surface area contributed by atoms with Crippen molar-refractivity contribution in [1.29, 1.82) is 0 Å². The predicted octanol–water partition coefficient (Wildman–Crippen LogP) is 3.72. The Morgan fingerprint density at radius 2 is 2.11 bits per heavy atom. The number of nitrogens with one attached hydrogen (secondary N) is 1. The lowest BCUT2D eigenvalue weighted by Crippen LogP contribution is -2.31. The number of para-hydroxylation sites is 1. The molecule has 96 valence electrons. The SMILES string of the molecule is CCCCCN1CCc2[nH]c3ccccc3c2C1. The summed E-state index contributed by atoms with van der Waals surface area (Å²) in [5, 5.41) is 1.42. The average Bonchev–Trinajstić information content (AvgIpc) is 2.77. The molecule has 1 aromatic heterocycles. The highest BCUT2D eigenvalue weighted by Gasteiger charge is 2.19. The molecule has 0 saturated carbocycles. The summed E-state index contributed by atoms with van der Waals surface area (Å²) in [4.78, 5) is 6.19. The zero-order chi connectivity index (χ0) is 12.4. The van der Waals surface area contributed by atoms with Gasteiger partial charge in [0.05, 0.1) is 0 Å². The number of nitrogens with zero attached hydrogens (tertiary/aromatic N) is 1. The van der Waals surface area contributed by atoms with Gasteiger partial charge in [-0.25, -0.2) is 0 Å². The van der Waals surface area contributed by atoms with Crippen LogP contribution in [0.25, 0.3) is 10.9 Å². The first-order valence-electron chi connectivity index (χ1n) is 7.19. The summed E-state index contributed by atoms with van der Waals surface area (Å²) >= 11 is 0. The molecular weight excluding hydrogens is 220 g/mol. The monoisotopic (exact) mass is 242 g/mol. The molecule has 0 fully saturated rings. The van der Waals surface area contributed by atoms with E-state index < -0.39 is 0 Å². The molecule has 0 bridgehead atoms. The van der Waals surface area contributed by atoms with Gasteiger partial charge in [0, 0.05) is 36.1 Å². The predicted molar refractivity (Wildman–Crippen MR) is 76.8 cm³/mol. The van der Waals surface area contributed by atoms with Crippen molar-refractivity contribution in [3.8, 4) is 0 Å². The third-order valence-corrected chi connectivity index (χ3v) is 4.04. The van der Waals surface area contributed by atoms with Crippen LogP contribution in [0.4, 0.5) is 0 Å². The van der Waals surface area contributed by atoms with E-state index >= 15 is 0 Å². The van der Waals surface area contributed by atoms with Gasteiger partial charge in [-0.1, -0.05) is 38.0 Å². The first-order valence-corrected chi connectivity index (χ1v) is 7.19. The Labute approximate surface area is 109 Å². The normalized spacial score (nSPS) is 16.1. The van der Waals surface area contributed by atoms with E-state index in [9.17, 15) is 0 Å². The summed E-state index contributed by atoms with van der Waals surface area (Å²) in [5.41, 5.74) is 4.30. The highest BCUT2D eigenvalue weighted by atomic mass is 15.1. The molecule has 3 rings (SSSR count). The van der Waals surface area contributed by atoms with Gasteiger partial charge >= 0.3 is 0 Å². The van der Waals surface area contributed by atoms with Gasteiger partial charge in [-0.2, -0.15) is 0 Å². The molecule has 2 heterocycles. The molecule has 2 aromatic rings. The van der Waals surface area contributed by atoms with Crippen molar-refractivity contribution in [2.24, 2.45) is 0 Å². The number of aromatic nitrogens is 1. The second kappa shape index (κ2) is 5.15. The summed E-state index contributed by atoms with van der Waals surface area (Å²) in [6, 6.07) is 8.70. The molecule has 0 aliphatic carbocycles. The molecule has 2 heteroatoms. The van der Waals surface area contributed by atoms with Crippen LogP contribution in [0.1, 0.15) is 37.4 Å². The van der Waals surface area contributed by atoms with E-state index in [4.69, 9.17) is 0 Å². The van der Waals surface area contributed by atoms with Crippen molar-refractivity contribution >= 4 is 10.9 Å². The molecule has 2 nitrogen and oxygen atoms in total. The number of fused-ring (bicyclic) bond motifs is 3. The minimum Gasteiger partial charge on any atom is -0.358 e. The molecule has 0 saturated heterocycles. The van der Waals surface area contributed by atoms with Crippen LogP contribution in [0.15, 0.2) is 24.3 Å². The van der Waals surface area contributed by atoms with Gasteiger partial charge in [-0.05, 0) is 24.6 Å². The fraction of sp³-hybridized carbons (Fsp3) is 0.500. The van der Waals surface area contributed by atoms with Gasteiger partial charge in [0.15, 0.2) is 0 Å². The third kappa shape index (κ3) is 2.17. The average molecular weight is 242 g/mol. The Bertz CT molecular complexity index is 527. The molecule has 1 aromatic carbocycles. The minimum atomic E-state index is 1.13. The van der Waals surface area contributed by atoms with Crippen LogP contribution >= 0.6 is 0 Å². The quantitative estimate of drug-likeness (QED) is 0.810. The Morgan fingerprint density at radius 3 is 3.00 bits per heavy atom. The van der Waals surface area contributed by atoms with Crippen molar-refractivity contribution in [1.82, 2.24) is 9.88 Å². The minimum absolute atomic E-state index is 1.13. The topological polar surface area (TPSA) is 19.0 Å². The number of unbranched alkanes of at least 4 members (excludes halogenated alkanes) is 2. The third-order valence-electron chi connectivity index (χ3n) is 4.04. The maximum atomic E-state index is 3.58. The molecule has 0 spiro atoms. The van der Waals surface area contributed by atoms with Crippen LogP contribution in [-0.2, 0) is 13.0 Å². The zero-order valence-corrected chi connectivity index (χ0v) is 11.2. The number of hydrogen-bond acceptors (Lipinski definition) is 1. The lowest BCUT2D eigenvalue weighted by Gasteiger charge is -2.27. The Morgan fingerprint density at radius 1 is 1.22 bits per heavy atom. The van der Waals surface area contributed by atoms with Crippen LogP contribution in [0.2, 0.25) is 0 Å². The van der Waals surface area contributed by atoms with E-state index in [0.717, 1.165) is 6.54 Å². The van der Waals surface area contributed by atoms with Gasteiger partial charge in [0.2, 0.25) is 0 Å². The van der Waals surface area contributed by atoms with E-state index in [1.807, 2.05) is 0 Å². The molecule has 0 amide bonds. The highest BCUT2D eigenvalue weighted by molar-refractivity contribution is 5.84. The van der Waals surface area contributed by atoms with Gasteiger partial charge in [-0.15, -0.1) is 0 Å². The van der Waals surface area contributed by atoms with Crippen LogP contribution in [-0.4, -0.2) is 23.0 Å². The van der Waals surface area contributed by atoms with E-state index in [2.05, 4.69) is 41.1 Å². The molecule has 0 unspecified atom stereocenters. The van der Waals surface area contributed by atoms with Crippen molar-refractivity contribution in [2.75, 3.05) is 13.1 Å². The van der Waals surface area contributed by atoms with Gasteiger partial charge in [0.25, 0.3) is 0 Å². The van der Waals surface area contributed by atoms with Gasteiger partial charge in [-0.3, -0.25) is 4.90 Å². The van der Waals surface area contributed by atoms with Gasteiger partial charge < -0.3 is 4.98 Å². The first-order chi connectivity index (χ1) is 8.88. The second-order valence-corrected chi connectivity index (χ2v) is 5.36. The molecule has 1 aliphatic heterocycles. The Kier molecular flexibility index (Phi) is 3.37. The number of aromatic amines is 1. The number of hydrogen-bond donors (Lipinski definition) is 1. The summed E-state index contributed by atoms with van der Waals surface area (Å²) in [7, 11) is 0. The van der Waals surface area contributed by atoms with E-state index in [1.54, 1.807) is 0 Å². The molecule has 0 radical (unpaired) electrons. The Balaban J connectivity index is 1.78. The fourth-order valence-corrected chi connectivity index (χ4v) is 3.00. The molecular formula is C16H22N2. The Hall–Kier alpha value is -1.28. The molecule has 1 aliphatic rings. The summed E-state index contributed by atoms with van der Waals surface area (Å²) in [6.45, 7) is 5.87. The molecule has 18 heavy (non-hydrogen) atoms. The van der Waals surface area contributed by atoms with Crippen molar-refractivity contribution in [2.45, 2.75) is 39.2 Å². The molecule has 1 N–H and O–H groups in total. The van der Waals surface area contributed by atoms with Gasteiger partial charge in [0.1, 0.15) is 0 Å².